The maximum atomic E-state index is 11.8. The first-order valence-electron chi connectivity index (χ1n) is 7.12. The van der Waals surface area contributed by atoms with Crippen LogP contribution in [0, 0.1) is 0 Å². The molecular weight excluding hydrogens is 280 g/mol. The van der Waals surface area contributed by atoms with Crippen LogP contribution in [-0.2, 0) is 11.2 Å². The molecule has 0 radical (unpaired) electrons. The van der Waals surface area contributed by atoms with Gasteiger partial charge in [-0.15, -0.1) is 0 Å². The standard InChI is InChI=1S/C16H18N4O2/c1-2-12-3-5-13(6-4-12)20-15(21)7-8-19-16(22)14-11-17-9-10-18-14/h3-6,9-11H,2,7-8H2,1H3,(H,19,22)(H,20,21). The van der Waals surface area contributed by atoms with E-state index in [9.17, 15) is 9.59 Å². The first kappa shape index (κ1) is 15.6. The predicted octanol–water partition coefficient (Wildman–Crippen LogP) is 1.80. The smallest absolute Gasteiger partial charge is 0.271 e. The van der Waals surface area contributed by atoms with Crippen LogP contribution in [0.25, 0.3) is 0 Å². The molecule has 2 aromatic rings. The maximum Gasteiger partial charge on any atom is 0.271 e. The zero-order chi connectivity index (χ0) is 15.8. The Morgan fingerprint density at radius 1 is 1.14 bits per heavy atom. The van der Waals surface area contributed by atoms with Gasteiger partial charge in [0.2, 0.25) is 5.91 Å². The highest BCUT2D eigenvalue weighted by Gasteiger charge is 2.07. The van der Waals surface area contributed by atoms with Crippen molar-refractivity contribution in [1.29, 1.82) is 0 Å². The van der Waals surface area contributed by atoms with Crippen LogP contribution in [0.1, 0.15) is 29.4 Å². The fourth-order valence-electron chi connectivity index (χ4n) is 1.84. The lowest BCUT2D eigenvalue weighted by Crippen LogP contribution is -2.28. The van der Waals surface area contributed by atoms with E-state index >= 15 is 0 Å². The second-order valence-corrected chi connectivity index (χ2v) is 4.70. The third kappa shape index (κ3) is 4.66. The SMILES string of the molecule is CCc1ccc(NC(=O)CCNC(=O)c2cnccn2)cc1. The second-order valence-electron chi connectivity index (χ2n) is 4.70. The Morgan fingerprint density at radius 3 is 2.55 bits per heavy atom. The predicted molar refractivity (Wildman–Crippen MR) is 83.4 cm³/mol. The van der Waals surface area contributed by atoms with E-state index in [0.717, 1.165) is 12.1 Å². The van der Waals surface area contributed by atoms with Crippen LogP contribution in [0.3, 0.4) is 0 Å². The summed E-state index contributed by atoms with van der Waals surface area (Å²) in [4.78, 5) is 31.2. The van der Waals surface area contributed by atoms with Crippen molar-refractivity contribution >= 4 is 17.5 Å². The van der Waals surface area contributed by atoms with Gasteiger partial charge < -0.3 is 10.6 Å². The summed E-state index contributed by atoms with van der Waals surface area (Å²) in [7, 11) is 0. The molecule has 0 unspecified atom stereocenters. The van der Waals surface area contributed by atoms with Gasteiger partial charge in [0.15, 0.2) is 0 Å². The molecule has 6 heteroatoms. The van der Waals surface area contributed by atoms with Gasteiger partial charge in [0.1, 0.15) is 5.69 Å². The molecule has 0 spiro atoms. The number of benzene rings is 1. The molecule has 0 aliphatic rings. The van der Waals surface area contributed by atoms with Crippen molar-refractivity contribution < 1.29 is 9.59 Å². The van der Waals surface area contributed by atoms with Gasteiger partial charge in [-0.05, 0) is 24.1 Å². The molecule has 0 saturated carbocycles. The fraction of sp³-hybridized carbons (Fsp3) is 0.250. The minimum absolute atomic E-state index is 0.149. The number of carbonyl (C=O) groups is 2. The molecule has 0 aliphatic carbocycles. The summed E-state index contributed by atoms with van der Waals surface area (Å²) in [5.41, 5.74) is 2.20. The number of rotatable bonds is 6. The average molecular weight is 298 g/mol. The number of hydrogen-bond acceptors (Lipinski definition) is 4. The third-order valence-corrected chi connectivity index (χ3v) is 3.08. The minimum Gasteiger partial charge on any atom is -0.350 e. The molecule has 1 aromatic carbocycles. The van der Waals surface area contributed by atoms with Crippen LogP contribution >= 0.6 is 0 Å². The van der Waals surface area contributed by atoms with Gasteiger partial charge in [0.25, 0.3) is 5.91 Å². The molecule has 114 valence electrons. The van der Waals surface area contributed by atoms with Crippen LogP contribution in [0.2, 0.25) is 0 Å². The van der Waals surface area contributed by atoms with Crippen LogP contribution < -0.4 is 10.6 Å². The van der Waals surface area contributed by atoms with Crippen molar-refractivity contribution in [3.8, 4) is 0 Å². The van der Waals surface area contributed by atoms with E-state index in [0.29, 0.717) is 0 Å². The lowest BCUT2D eigenvalue weighted by molar-refractivity contribution is -0.116. The summed E-state index contributed by atoms with van der Waals surface area (Å²) in [5.74, 6) is -0.489. The van der Waals surface area contributed by atoms with Crippen molar-refractivity contribution in [3.63, 3.8) is 0 Å². The van der Waals surface area contributed by atoms with Gasteiger partial charge >= 0.3 is 0 Å². The molecule has 0 bridgehead atoms. The number of carbonyl (C=O) groups excluding carboxylic acids is 2. The monoisotopic (exact) mass is 298 g/mol. The Labute approximate surface area is 129 Å². The number of amides is 2. The third-order valence-electron chi connectivity index (χ3n) is 3.08. The van der Waals surface area contributed by atoms with Gasteiger partial charge in [-0.1, -0.05) is 19.1 Å². The highest BCUT2D eigenvalue weighted by Crippen LogP contribution is 2.10. The molecule has 0 saturated heterocycles. The lowest BCUT2D eigenvalue weighted by atomic mass is 10.1. The summed E-state index contributed by atoms with van der Waals surface area (Å²) >= 11 is 0. The minimum atomic E-state index is -0.340. The Morgan fingerprint density at radius 2 is 1.91 bits per heavy atom. The summed E-state index contributed by atoms with van der Waals surface area (Å²) in [5, 5.41) is 5.42. The van der Waals surface area contributed by atoms with Gasteiger partial charge in [0, 0.05) is 31.0 Å². The number of nitrogens with zero attached hydrogens (tertiary/aromatic N) is 2. The Bertz CT molecular complexity index is 626. The van der Waals surface area contributed by atoms with Crippen molar-refractivity contribution in [3.05, 3.63) is 54.1 Å². The molecular formula is C16H18N4O2. The molecule has 2 rings (SSSR count). The number of nitrogens with one attached hydrogen (secondary N) is 2. The number of anilines is 1. The van der Waals surface area contributed by atoms with Gasteiger partial charge in [-0.25, -0.2) is 4.98 Å². The van der Waals surface area contributed by atoms with E-state index < -0.39 is 0 Å². The van der Waals surface area contributed by atoms with Crippen molar-refractivity contribution in [1.82, 2.24) is 15.3 Å². The molecule has 22 heavy (non-hydrogen) atoms. The molecule has 2 amide bonds. The first-order chi connectivity index (χ1) is 10.7. The van der Waals surface area contributed by atoms with Crippen molar-refractivity contribution in [2.45, 2.75) is 19.8 Å². The van der Waals surface area contributed by atoms with Crippen LogP contribution in [0.5, 0.6) is 0 Å². The van der Waals surface area contributed by atoms with Gasteiger partial charge in [-0.2, -0.15) is 0 Å². The summed E-state index contributed by atoms with van der Waals surface area (Å²) in [6, 6.07) is 7.70. The van der Waals surface area contributed by atoms with Crippen molar-refractivity contribution in [2.24, 2.45) is 0 Å². The van der Waals surface area contributed by atoms with E-state index in [1.807, 2.05) is 24.3 Å². The largest absolute Gasteiger partial charge is 0.350 e. The molecule has 1 heterocycles. The van der Waals surface area contributed by atoms with E-state index in [4.69, 9.17) is 0 Å². The molecule has 6 nitrogen and oxygen atoms in total. The maximum absolute atomic E-state index is 11.8. The highest BCUT2D eigenvalue weighted by atomic mass is 16.2. The normalized spacial score (nSPS) is 10.0. The lowest BCUT2D eigenvalue weighted by Gasteiger charge is -2.07. The number of hydrogen-bond donors (Lipinski definition) is 2. The van der Waals surface area contributed by atoms with Crippen LogP contribution in [-0.4, -0.2) is 28.3 Å². The summed E-state index contributed by atoms with van der Waals surface area (Å²) < 4.78 is 0. The zero-order valence-electron chi connectivity index (χ0n) is 12.4. The van der Waals surface area contributed by atoms with E-state index in [2.05, 4.69) is 27.5 Å². The summed E-state index contributed by atoms with van der Waals surface area (Å²) in [6.07, 6.45) is 5.48. The quantitative estimate of drug-likeness (QED) is 0.851. The Balaban J connectivity index is 1.74. The molecule has 2 N–H and O–H groups in total. The van der Waals surface area contributed by atoms with Crippen molar-refractivity contribution in [2.75, 3.05) is 11.9 Å². The van der Waals surface area contributed by atoms with E-state index in [-0.39, 0.29) is 30.5 Å². The first-order valence-corrected chi connectivity index (χ1v) is 7.12. The van der Waals surface area contributed by atoms with Gasteiger partial charge in [0.05, 0.1) is 6.20 Å². The molecule has 0 aliphatic heterocycles. The van der Waals surface area contributed by atoms with Gasteiger partial charge in [-0.3, -0.25) is 14.6 Å². The number of aromatic nitrogens is 2. The second kappa shape index (κ2) is 7.87. The van der Waals surface area contributed by atoms with Crippen LogP contribution in [0.15, 0.2) is 42.9 Å². The van der Waals surface area contributed by atoms with E-state index in [1.54, 1.807) is 0 Å². The molecule has 0 atom stereocenters. The Hall–Kier alpha value is -2.76. The molecule has 1 aromatic heterocycles. The average Bonchev–Trinajstić information content (AvgIpc) is 2.56. The number of aryl methyl sites for hydroxylation is 1. The zero-order valence-corrected chi connectivity index (χ0v) is 12.4. The van der Waals surface area contributed by atoms with E-state index in [1.165, 1.54) is 24.2 Å². The Kier molecular flexibility index (Phi) is 5.59. The summed E-state index contributed by atoms with van der Waals surface area (Å²) in [6.45, 7) is 2.32. The fourth-order valence-corrected chi connectivity index (χ4v) is 1.84. The highest BCUT2D eigenvalue weighted by molar-refractivity contribution is 5.93. The molecule has 0 fully saturated rings. The topological polar surface area (TPSA) is 84.0 Å². The van der Waals surface area contributed by atoms with Crippen LogP contribution in [0.4, 0.5) is 5.69 Å².